The Balaban J connectivity index is 2.44. The van der Waals surface area contributed by atoms with E-state index in [1.807, 2.05) is 4.90 Å². The van der Waals surface area contributed by atoms with Gasteiger partial charge in [-0.15, -0.1) is 0 Å². The fraction of sp³-hybridized carbons (Fsp3) is 0.923. The molecule has 0 aliphatic carbocycles. The zero-order chi connectivity index (χ0) is 12.7. The van der Waals surface area contributed by atoms with Crippen LogP contribution in [-0.2, 0) is 4.79 Å². The molecule has 4 heteroatoms. The van der Waals surface area contributed by atoms with E-state index < -0.39 is 0 Å². The monoisotopic (exact) mass is 241 g/mol. The third kappa shape index (κ3) is 5.04. The van der Waals surface area contributed by atoms with E-state index >= 15 is 0 Å². The Morgan fingerprint density at radius 2 is 2.12 bits per heavy atom. The van der Waals surface area contributed by atoms with E-state index in [9.17, 15) is 4.79 Å². The highest BCUT2D eigenvalue weighted by atomic mass is 16.2. The summed E-state index contributed by atoms with van der Waals surface area (Å²) in [6.45, 7) is 11.9. The first-order chi connectivity index (χ1) is 8.15. The van der Waals surface area contributed by atoms with Crippen LogP contribution in [0.5, 0.6) is 0 Å². The van der Waals surface area contributed by atoms with Crippen LogP contribution in [0.4, 0.5) is 0 Å². The van der Waals surface area contributed by atoms with Crippen LogP contribution in [-0.4, -0.2) is 61.0 Å². The van der Waals surface area contributed by atoms with E-state index in [1.165, 1.54) is 0 Å². The fourth-order valence-corrected chi connectivity index (χ4v) is 2.25. The highest BCUT2D eigenvalue weighted by Gasteiger charge is 2.19. The van der Waals surface area contributed by atoms with Gasteiger partial charge in [0.15, 0.2) is 0 Å². The molecule has 1 aliphatic heterocycles. The SMILES string of the molecule is CCCN(C(=O)CN1CCCNCC1)C(C)C. The number of carbonyl (C=O) groups is 1. The van der Waals surface area contributed by atoms with Crippen molar-refractivity contribution in [3.05, 3.63) is 0 Å². The average Bonchev–Trinajstić information content (AvgIpc) is 2.53. The van der Waals surface area contributed by atoms with Gasteiger partial charge in [-0.05, 0) is 39.8 Å². The van der Waals surface area contributed by atoms with E-state index in [0.29, 0.717) is 12.6 Å². The van der Waals surface area contributed by atoms with E-state index in [1.54, 1.807) is 0 Å². The Bertz CT molecular complexity index is 223. The van der Waals surface area contributed by atoms with Gasteiger partial charge in [0.2, 0.25) is 5.91 Å². The van der Waals surface area contributed by atoms with Gasteiger partial charge >= 0.3 is 0 Å². The van der Waals surface area contributed by atoms with Crippen molar-refractivity contribution in [1.82, 2.24) is 15.1 Å². The second kappa shape index (κ2) is 7.67. The lowest BCUT2D eigenvalue weighted by molar-refractivity contribution is -0.134. The summed E-state index contributed by atoms with van der Waals surface area (Å²) in [5.74, 6) is 0.281. The van der Waals surface area contributed by atoms with Crippen LogP contribution < -0.4 is 5.32 Å². The van der Waals surface area contributed by atoms with Gasteiger partial charge in [-0.2, -0.15) is 0 Å². The molecule has 1 fully saturated rings. The van der Waals surface area contributed by atoms with Crippen LogP contribution in [0, 0.1) is 0 Å². The van der Waals surface area contributed by atoms with Crippen molar-refractivity contribution >= 4 is 5.91 Å². The molecule has 0 aromatic carbocycles. The summed E-state index contributed by atoms with van der Waals surface area (Å²) in [4.78, 5) is 16.5. The van der Waals surface area contributed by atoms with Gasteiger partial charge in [0.05, 0.1) is 6.54 Å². The number of nitrogens with zero attached hydrogens (tertiary/aromatic N) is 2. The van der Waals surface area contributed by atoms with Crippen LogP contribution >= 0.6 is 0 Å². The predicted octanol–water partition coefficient (Wildman–Crippen LogP) is 0.929. The number of hydrogen-bond acceptors (Lipinski definition) is 3. The molecule has 1 N–H and O–H groups in total. The second-order valence-electron chi connectivity index (χ2n) is 5.06. The molecule has 1 amide bonds. The third-order valence-electron chi connectivity index (χ3n) is 3.20. The number of nitrogens with one attached hydrogen (secondary N) is 1. The maximum absolute atomic E-state index is 12.2. The Morgan fingerprint density at radius 1 is 1.35 bits per heavy atom. The predicted molar refractivity (Wildman–Crippen MR) is 71.1 cm³/mol. The maximum atomic E-state index is 12.2. The van der Waals surface area contributed by atoms with E-state index in [4.69, 9.17) is 0 Å². The molecule has 0 radical (unpaired) electrons. The summed E-state index contributed by atoms with van der Waals surface area (Å²) in [6, 6.07) is 0.313. The molecule has 0 atom stereocenters. The third-order valence-corrected chi connectivity index (χ3v) is 3.20. The first-order valence-corrected chi connectivity index (χ1v) is 6.87. The minimum Gasteiger partial charge on any atom is -0.339 e. The summed E-state index contributed by atoms with van der Waals surface area (Å²) >= 11 is 0. The lowest BCUT2D eigenvalue weighted by atomic mass is 10.2. The van der Waals surface area contributed by atoms with Crippen molar-refractivity contribution < 1.29 is 4.79 Å². The zero-order valence-electron chi connectivity index (χ0n) is 11.5. The highest BCUT2D eigenvalue weighted by Crippen LogP contribution is 2.03. The first kappa shape index (κ1) is 14.5. The van der Waals surface area contributed by atoms with Crippen LogP contribution in [0.2, 0.25) is 0 Å². The summed E-state index contributed by atoms with van der Waals surface area (Å²) in [7, 11) is 0. The second-order valence-corrected chi connectivity index (χ2v) is 5.06. The lowest BCUT2D eigenvalue weighted by Gasteiger charge is -2.29. The molecule has 4 nitrogen and oxygen atoms in total. The first-order valence-electron chi connectivity index (χ1n) is 6.87. The maximum Gasteiger partial charge on any atom is 0.236 e. The molecule has 0 unspecified atom stereocenters. The molecule has 0 aromatic rings. The largest absolute Gasteiger partial charge is 0.339 e. The Morgan fingerprint density at radius 3 is 2.76 bits per heavy atom. The van der Waals surface area contributed by atoms with Gasteiger partial charge < -0.3 is 10.2 Å². The molecule has 0 saturated carbocycles. The van der Waals surface area contributed by atoms with Crippen molar-refractivity contribution in [2.24, 2.45) is 0 Å². The van der Waals surface area contributed by atoms with Crippen LogP contribution in [0.3, 0.4) is 0 Å². The van der Waals surface area contributed by atoms with Crippen molar-refractivity contribution in [2.75, 3.05) is 39.3 Å². The molecule has 1 rings (SSSR count). The molecular formula is C13H27N3O. The number of rotatable bonds is 5. The van der Waals surface area contributed by atoms with E-state index in [2.05, 4.69) is 31.0 Å². The molecule has 0 aromatic heterocycles. The van der Waals surface area contributed by atoms with Gasteiger partial charge in [-0.25, -0.2) is 0 Å². The van der Waals surface area contributed by atoms with Gasteiger partial charge in [0.1, 0.15) is 0 Å². The topological polar surface area (TPSA) is 35.6 Å². The van der Waals surface area contributed by atoms with Crippen LogP contribution in [0.25, 0.3) is 0 Å². The van der Waals surface area contributed by atoms with Crippen molar-refractivity contribution in [2.45, 2.75) is 39.7 Å². The highest BCUT2D eigenvalue weighted by molar-refractivity contribution is 5.78. The molecule has 1 saturated heterocycles. The molecule has 17 heavy (non-hydrogen) atoms. The Labute approximate surface area is 105 Å². The quantitative estimate of drug-likeness (QED) is 0.778. The van der Waals surface area contributed by atoms with Crippen LogP contribution in [0.15, 0.2) is 0 Å². The number of hydrogen-bond donors (Lipinski definition) is 1. The van der Waals surface area contributed by atoms with Gasteiger partial charge in [0.25, 0.3) is 0 Å². The standard InChI is InChI=1S/C13H27N3O/c1-4-8-16(12(2)3)13(17)11-15-9-5-6-14-7-10-15/h12,14H,4-11H2,1-3H3. The lowest BCUT2D eigenvalue weighted by Crippen LogP contribution is -2.44. The molecule has 0 spiro atoms. The number of carbonyl (C=O) groups excluding carboxylic acids is 1. The molecular weight excluding hydrogens is 214 g/mol. The van der Waals surface area contributed by atoms with Crippen molar-refractivity contribution in [3.63, 3.8) is 0 Å². The normalized spacial score (nSPS) is 18.1. The minimum atomic E-state index is 0.281. The molecule has 0 bridgehead atoms. The van der Waals surface area contributed by atoms with Gasteiger partial charge in [0, 0.05) is 25.7 Å². The van der Waals surface area contributed by atoms with E-state index in [-0.39, 0.29) is 5.91 Å². The van der Waals surface area contributed by atoms with Gasteiger partial charge in [-0.1, -0.05) is 6.92 Å². The zero-order valence-corrected chi connectivity index (χ0v) is 11.5. The van der Waals surface area contributed by atoms with Gasteiger partial charge in [-0.3, -0.25) is 9.69 Å². The molecule has 100 valence electrons. The summed E-state index contributed by atoms with van der Waals surface area (Å²) in [5, 5.41) is 3.36. The smallest absolute Gasteiger partial charge is 0.236 e. The Kier molecular flexibility index (Phi) is 6.52. The number of amides is 1. The minimum absolute atomic E-state index is 0.281. The fourth-order valence-electron chi connectivity index (χ4n) is 2.25. The molecule has 1 heterocycles. The Hall–Kier alpha value is -0.610. The van der Waals surface area contributed by atoms with E-state index in [0.717, 1.165) is 45.6 Å². The molecule has 1 aliphatic rings. The summed E-state index contributed by atoms with van der Waals surface area (Å²) in [6.07, 6.45) is 2.17. The van der Waals surface area contributed by atoms with Crippen molar-refractivity contribution in [1.29, 1.82) is 0 Å². The summed E-state index contributed by atoms with van der Waals surface area (Å²) < 4.78 is 0. The van der Waals surface area contributed by atoms with Crippen molar-refractivity contribution in [3.8, 4) is 0 Å². The average molecular weight is 241 g/mol. The summed E-state index contributed by atoms with van der Waals surface area (Å²) in [5.41, 5.74) is 0. The van der Waals surface area contributed by atoms with Crippen LogP contribution in [0.1, 0.15) is 33.6 Å².